The molecule has 0 amide bonds. The van der Waals surface area contributed by atoms with Gasteiger partial charge < -0.3 is 0 Å². The quantitative estimate of drug-likeness (QED) is 0.748. The van der Waals surface area contributed by atoms with E-state index in [9.17, 15) is 8.78 Å². The summed E-state index contributed by atoms with van der Waals surface area (Å²) >= 11 is 5.61. The molecule has 1 aromatic heterocycles. The number of halogens is 3. The number of aryl methyl sites for hydroxylation is 1. The van der Waals surface area contributed by atoms with E-state index in [4.69, 9.17) is 16.9 Å². The second-order valence-corrected chi connectivity index (χ2v) is 3.32. The van der Waals surface area contributed by atoms with Crippen molar-refractivity contribution in [3.8, 4) is 6.07 Å². The molecule has 0 aliphatic carbocycles. The smallest absolute Gasteiger partial charge is 0.259 e. The average Bonchev–Trinajstić information content (AvgIpc) is 2.20. The molecular formula is C10H9ClF2N2. The molecule has 2 nitrogen and oxygen atoms in total. The van der Waals surface area contributed by atoms with Crippen LogP contribution in [0.2, 0.25) is 0 Å². The van der Waals surface area contributed by atoms with E-state index in [1.165, 1.54) is 6.20 Å². The number of hydrogen-bond acceptors (Lipinski definition) is 2. The summed E-state index contributed by atoms with van der Waals surface area (Å²) in [6, 6.07) is 1.81. The van der Waals surface area contributed by atoms with E-state index in [2.05, 4.69) is 4.98 Å². The lowest BCUT2D eigenvalue weighted by Crippen LogP contribution is -2.04. The predicted octanol–water partition coefficient (Wildman–Crippen LogP) is 3.13. The Labute approximate surface area is 91.5 Å². The van der Waals surface area contributed by atoms with Crippen LogP contribution in [-0.4, -0.2) is 4.98 Å². The third-order valence-corrected chi connectivity index (χ3v) is 2.39. The van der Waals surface area contributed by atoms with Crippen LogP contribution in [0.1, 0.15) is 28.8 Å². The van der Waals surface area contributed by atoms with Crippen LogP contribution >= 0.6 is 11.6 Å². The minimum absolute atomic E-state index is 0.00640. The van der Waals surface area contributed by atoms with Crippen LogP contribution in [0.3, 0.4) is 0 Å². The molecule has 0 fully saturated rings. The van der Waals surface area contributed by atoms with Gasteiger partial charge in [-0.1, -0.05) is 0 Å². The first-order valence-corrected chi connectivity index (χ1v) is 4.83. The molecule has 0 aromatic carbocycles. The zero-order valence-corrected chi connectivity index (χ0v) is 8.85. The molecule has 15 heavy (non-hydrogen) atoms. The van der Waals surface area contributed by atoms with Crippen molar-refractivity contribution in [1.82, 2.24) is 4.98 Å². The van der Waals surface area contributed by atoms with Gasteiger partial charge in [-0.25, -0.2) is 8.78 Å². The van der Waals surface area contributed by atoms with Gasteiger partial charge >= 0.3 is 0 Å². The number of alkyl halides is 3. The predicted molar refractivity (Wildman–Crippen MR) is 52.8 cm³/mol. The monoisotopic (exact) mass is 230 g/mol. The topological polar surface area (TPSA) is 36.7 Å². The molecule has 5 heteroatoms. The lowest BCUT2D eigenvalue weighted by molar-refractivity contribution is 0.149. The number of rotatable bonds is 3. The second-order valence-electron chi connectivity index (χ2n) is 3.05. The van der Waals surface area contributed by atoms with Gasteiger partial charge in [0.1, 0.15) is 0 Å². The average molecular weight is 231 g/mol. The molecule has 0 N–H and O–H groups in total. The first-order valence-electron chi connectivity index (χ1n) is 4.30. The summed E-state index contributed by atoms with van der Waals surface area (Å²) in [4.78, 5) is 3.84. The van der Waals surface area contributed by atoms with Crippen LogP contribution in [0, 0.1) is 18.3 Å². The molecule has 1 aromatic rings. The van der Waals surface area contributed by atoms with Gasteiger partial charge in [0.25, 0.3) is 6.43 Å². The van der Waals surface area contributed by atoms with Crippen LogP contribution in [0.15, 0.2) is 6.20 Å². The van der Waals surface area contributed by atoms with Crippen molar-refractivity contribution in [3.05, 3.63) is 28.6 Å². The van der Waals surface area contributed by atoms with Crippen molar-refractivity contribution in [1.29, 1.82) is 5.26 Å². The maximum absolute atomic E-state index is 12.8. The summed E-state index contributed by atoms with van der Waals surface area (Å²) in [7, 11) is 0. The van der Waals surface area contributed by atoms with Crippen LogP contribution in [0.25, 0.3) is 0 Å². The van der Waals surface area contributed by atoms with Crippen molar-refractivity contribution < 1.29 is 8.78 Å². The fraction of sp³-hybridized carbons (Fsp3) is 0.400. The van der Waals surface area contributed by atoms with Crippen molar-refractivity contribution in [3.63, 3.8) is 0 Å². The number of aromatic nitrogens is 1. The molecule has 0 aliphatic heterocycles. The van der Waals surface area contributed by atoms with E-state index in [1.54, 1.807) is 6.92 Å². The zero-order chi connectivity index (χ0) is 11.4. The van der Waals surface area contributed by atoms with Gasteiger partial charge in [0.05, 0.1) is 18.2 Å². The van der Waals surface area contributed by atoms with Gasteiger partial charge in [0.2, 0.25) is 0 Å². The minimum Gasteiger partial charge on any atom is -0.259 e. The molecule has 0 radical (unpaired) electrons. The second kappa shape index (κ2) is 5.04. The summed E-state index contributed by atoms with van der Waals surface area (Å²) in [6.45, 7) is 1.67. The molecule has 0 aliphatic rings. The largest absolute Gasteiger partial charge is 0.265 e. The third kappa shape index (κ3) is 2.42. The van der Waals surface area contributed by atoms with Gasteiger partial charge in [-0.05, 0) is 18.1 Å². The van der Waals surface area contributed by atoms with Crippen molar-refractivity contribution in [2.45, 2.75) is 25.7 Å². The highest BCUT2D eigenvalue weighted by Crippen LogP contribution is 2.29. The number of pyridine rings is 1. The first kappa shape index (κ1) is 11.9. The number of nitrogens with zero attached hydrogens (tertiary/aromatic N) is 2. The third-order valence-electron chi connectivity index (χ3n) is 2.12. The Morgan fingerprint density at radius 2 is 2.27 bits per heavy atom. The van der Waals surface area contributed by atoms with E-state index in [0.29, 0.717) is 11.1 Å². The summed E-state index contributed by atoms with van der Waals surface area (Å²) < 4.78 is 25.5. The standard InChI is InChI=1S/C10H9ClF2N2/c1-6-5-15-8(2-3-14)9(10(12)13)7(6)4-11/h5,10H,2,4H2,1H3. The van der Waals surface area contributed by atoms with Gasteiger partial charge in [-0.3, -0.25) is 4.98 Å². The van der Waals surface area contributed by atoms with Gasteiger partial charge in [-0.15, -0.1) is 11.6 Å². The molecule has 1 rings (SSSR count). The van der Waals surface area contributed by atoms with Crippen molar-refractivity contribution >= 4 is 11.6 Å². The molecule has 0 atom stereocenters. The minimum atomic E-state index is -2.64. The maximum Gasteiger partial charge on any atom is 0.265 e. The number of nitriles is 1. The summed E-state index contributed by atoms with van der Waals surface area (Å²) in [5.74, 6) is 0.00640. The Bertz CT molecular complexity index is 399. The molecular weight excluding hydrogens is 222 g/mol. The first-order chi connectivity index (χ1) is 7.11. The summed E-state index contributed by atoms with van der Waals surface area (Å²) in [5, 5.41) is 8.49. The Kier molecular flexibility index (Phi) is 3.98. The van der Waals surface area contributed by atoms with E-state index in [-0.39, 0.29) is 23.6 Å². The number of hydrogen-bond donors (Lipinski definition) is 0. The summed E-state index contributed by atoms with van der Waals surface area (Å²) in [6.07, 6.45) is -1.30. The zero-order valence-electron chi connectivity index (χ0n) is 8.10. The Morgan fingerprint density at radius 1 is 1.60 bits per heavy atom. The van der Waals surface area contributed by atoms with Crippen LogP contribution in [0.5, 0.6) is 0 Å². The molecule has 1 heterocycles. The maximum atomic E-state index is 12.8. The molecule has 0 spiro atoms. The fourth-order valence-corrected chi connectivity index (χ4v) is 1.71. The van der Waals surface area contributed by atoms with Gasteiger partial charge in [0, 0.05) is 17.6 Å². The Morgan fingerprint density at radius 3 is 2.73 bits per heavy atom. The Balaban J connectivity index is 3.36. The Hall–Kier alpha value is -1.21. The van der Waals surface area contributed by atoms with E-state index in [1.807, 2.05) is 6.07 Å². The van der Waals surface area contributed by atoms with E-state index in [0.717, 1.165) is 0 Å². The highest BCUT2D eigenvalue weighted by molar-refractivity contribution is 6.17. The lowest BCUT2D eigenvalue weighted by atomic mass is 10.0. The lowest BCUT2D eigenvalue weighted by Gasteiger charge is -2.12. The molecule has 0 bridgehead atoms. The van der Waals surface area contributed by atoms with Crippen LogP contribution < -0.4 is 0 Å². The fourth-order valence-electron chi connectivity index (χ4n) is 1.36. The van der Waals surface area contributed by atoms with Crippen LogP contribution in [-0.2, 0) is 12.3 Å². The highest BCUT2D eigenvalue weighted by Gasteiger charge is 2.19. The highest BCUT2D eigenvalue weighted by atomic mass is 35.5. The van der Waals surface area contributed by atoms with Crippen LogP contribution in [0.4, 0.5) is 8.78 Å². The molecule has 0 saturated carbocycles. The van der Waals surface area contributed by atoms with Gasteiger partial charge in [-0.2, -0.15) is 5.26 Å². The molecule has 0 unspecified atom stereocenters. The van der Waals surface area contributed by atoms with E-state index < -0.39 is 6.43 Å². The SMILES string of the molecule is Cc1cnc(CC#N)c(C(F)F)c1CCl. The van der Waals surface area contributed by atoms with Crippen molar-refractivity contribution in [2.75, 3.05) is 0 Å². The van der Waals surface area contributed by atoms with E-state index >= 15 is 0 Å². The normalized spacial score (nSPS) is 10.4. The molecule has 0 saturated heterocycles. The molecule has 80 valence electrons. The van der Waals surface area contributed by atoms with Crippen molar-refractivity contribution in [2.24, 2.45) is 0 Å². The van der Waals surface area contributed by atoms with Gasteiger partial charge in [0.15, 0.2) is 0 Å². The summed E-state index contributed by atoms with van der Waals surface area (Å²) in [5.41, 5.74) is 0.939.